The van der Waals surface area contributed by atoms with Gasteiger partial charge in [-0.25, -0.2) is 8.42 Å². The van der Waals surface area contributed by atoms with Crippen molar-refractivity contribution in [1.82, 2.24) is 9.21 Å². The third-order valence-electron chi connectivity index (χ3n) is 3.41. The van der Waals surface area contributed by atoms with Gasteiger partial charge in [0, 0.05) is 19.6 Å². The van der Waals surface area contributed by atoms with E-state index in [-0.39, 0.29) is 17.8 Å². The van der Waals surface area contributed by atoms with Gasteiger partial charge in [-0.05, 0) is 5.56 Å². The molecule has 1 aromatic rings. The Balaban J connectivity index is 2.31. The molecule has 0 N–H and O–H groups in total. The minimum Gasteiger partial charge on any atom is -0.338 e. The lowest BCUT2D eigenvalue weighted by Crippen LogP contribution is -2.52. The van der Waals surface area contributed by atoms with Crippen molar-refractivity contribution in [3.8, 4) is 0 Å². The van der Waals surface area contributed by atoms with Crippen molar-refractivity contribution >= 4 is 27.5 Å². The molecule has 1 amide bonds. The van der Waals surface area contributed by atoms with E-state index >= 15 is 0 Å². The number of hydrogen-bond acceptors (Lipinski definition) is 3. The molecule has 0 radical (unpaired) electrons. The third kappa shape index (κ3) is 3.31. The molecule has 1 unspecified atom stereocenters. The zero-order valence-electron chi connectivity index (χ0n) is 11.2. The second-order valence-corrected chi connectivity index (χ2v) is 6.98. The van der Waals surface area contributed by atoms with Crippen molar-refractivity contribution in [1.29, 1.82) is 0 Å². The van der Waals surface area contributed by atoms with E-state index in [1.807, 2.05) is 30.3 Å². The maximum atomic E-state index is 11.9. The highest BCUT2D eigenvalue weighted by molar-refractivity contribution is 7.88. The second-order valence-electron chi connectivity index (χ2n) is 4.77. The van der Waals surface area contributed by atoms with E-state index in [1.165, 1.54) is 10.6 Å². The van der Waals surface area contributed by atoms with E-state index in [2.05, 4.69) is 0 Å². The molecule has 0 aliphatic carbocycles. The number of hydrogen-bond donors (Lipinski definition) is 0. The zero-order chi connectivity index (χ0) is 14.8. The van der Waals surface area contributed by atoms with Gasteiger partial charge in [-0.2, -0.15) is 4.31 Å². The third-order valence-corrected chi connectivity index (χ3v) is 4.93. The average Bonchev–Trinajstić information content (AvgIpc) is 2.45. The molecule has 1 aliphatic heterocycles. The number of piperazine rings is 1. The Kier molecular flexibility index (Phi) is 4.67. The van der Waals surface area contributed by atoms with Crippen molar-refractivity contribution in [3.63, 3.8) is 0 Å². The summed E-state index contributed by atoms with van der Waals surface area (Å²) < 4.78 is 25.3. The Hall–Kier alpha value is -1.11. The van der Waals surface area contributed by atoms with Crippen molar-refractivity contribution in [2.75, 3.05) is 31.8 Å². The lowest BCUT2D eigenvalue weighted by atomic mass is 10.0. The Morgan fingerprint density at radius 1 is 1.30 bits per heavy atom. The smallest absolute Gasteiger partial charge is 0.237 e. The first-order valence-electron chi connectivity index (χ1n) is 6.29. The molecule has 1 aromatic carbocycles. The van der Waals surface area contributed by atoms with Crippen LogP contribution in [-0.2, 0) is 14.8 Å². The maximum absolute atomic E-state index is 11.9. The first kappa shape index (κ1) is 15.3. The van der Waals surface area contributed by atoms with Gasteiger partial charge in [0.1, 0.15) is 5.88 Å². The molecule has 0 aromatic heterocycles. The van der Waals surface area contributed by atoms with Crippen LogP contribution in [0, 0.1) is 0 Å². The number of carbonyl (C=O) groups excluding carboxylic acids is 1. The van der Waals surface area contributed by atoms with Gasteiger partial charge in [0.2, 0.25) is 15.9 Å². The predicted molar refractivity (Wildman–Crippen MR) is 78.0 cm³/mol. The minimum atomic E-state index is -3.32. The van der Waals surface area contributed by atoms with E-state index in [4.69, 9.17) is 11.6 Å². The molecule has 110 valence electrons. The number of nitrogens with zero attached hydrogens (tertiary/aromatic N) is 2. The summed E-state index contributed by atoms with van der Waals surface area (Å²) in [5, 5.41) is 0. The number of carbonyl (C=O) groups is 1. The number of sulfonamides is 1. The van der Waals surface area contributed by atoms with Crippen LogP contribution in [0.4, 0.5) is 0 Å². The fraction of sp³-hybridized carbons (Fsp3) is 0.462. The van der Waals surface area contributed by atoms with Crippen molar-refractivity contribution in [3.05, 3.63) is 35.9 Å². The molecular weight excluding hydrogens is 300 g/mol. The fourth-order valence-corrected chi connectivity index (χ4v) is 3.65. The molecule has 2 rings (SSSR count). The molecule has 7 heteroatoms. The van der Waals surface area contributed by atoms with Gasteiger partial charge in [-0.1, -0.05) is 30.3 Å². The van der Waals surface area contributed by atoms with E-state index in [0.29, 0.717) is 19.6 Å². The highest BCUT2D eigenvalue weighted by atomic mass is 35.5. The van der Waals surface area contributed by atoms with Crippen LogP contribution in [0.2, 0.25) is 0 Å². The number of halogens is 1. The van der Waals surface area contributed by atoms with Crippen LogP contribution in [0.25, 0.3) is 0 Å². The number of amides is 1. The molecule has 1 atom stereocenters. The SMILES string of the molecule is CS(=O)(=O)N1CCN(C(=O)CCl)CC1c1ccccc1. The van der Waals surface area contributed by atoms with Crippen LogP contribution in [-0.4, -0.2) is 55.3 Å². The van der Waals surface area contributed by atoms with Crippen molar-refractivity contribution in [2.45, 2.75) is 6.04 Å². The number of alkyl halides is 1. The average molecular weight is 317 g/mol. The highest BCUT2D eigenvalue weighted by Crippen LogP contribution is 2.27. The first-order chi connectivity index (χ1) is 9.43. The topological polar surface area (TPSA) is 57.7 Å². The Labute approximate surface area is 124 Å². The highest BCUT2D eigenvalue weighted by Gasteiger charge is 2.35. The van der Waals surface area contributed by atoms with E-state index in [9.17, 15) is 13.2 Å². The van der Waals surface area contributed by atoms with Gasteiger partial charge < -0.3 is 4.90 Å². The quantitative estimate of drug-likeness (QED) is 0.784. The molecule has 1 heterocycles. The lowest BCUT2D eigenvalue weighted by Gasteiger charge is -2.40. The molecule has 0 bridgehead atoms. The maximum Gasteiger partial charge on any atom is 0.237 e. The van der Waals surface area contributed by atoms with Crippen LogP contribution in [0.1, 0.15) is 11.6 Å². The van der Waals surface area contributed by atoms with E-state index in [0.717, 1.165) is 5.56 Å². The molecule has 5 nitrogen and oxygen atoms in total. The molecular formula is C13H17ClN2O3S. The fourth-order valence-electron chi connectivity index (χ4n) is 2.42. The van der Waals surface area contributed by atoms with Crippen LogP contribution < -0.4 is 0 Å². The number of rotatable bonds is 3. The molecule has 1 fully saturated rings. The van der Waals surface area contributed by atoms with Gasteiger partial charge in [0.15, 0.2) is 0 Å². The lowest BCUT2D eigenvalue weighted by molar-refractivity contribution is -0.130. The van der Waals surface area contributed by atoms with Gasteiger partial charge >= 0.3 is 0 Å². The van der Waals surface area contributed by atoms with Crippen LogP contribution >= 0.6 is 11.6 Å². The largest absolute Gasteiger partial charge is 0.338 e. The molecule has 20 heavy (non-hydrogen) atoms. The summed E-state index contributed by atoms with van der Waals surface area (Å²) in [5.41, 5.74) is 0.880. The summed E-state index contributed by atoms with van der Waals surface area (Å²) in [6.45, 7) is 1.01. The minimum absolute atomic E-state index is 0.0830. The van der Waals surface area contributed by atoms with Gasteiger partial charge in [-0.3, -0.25) is 4.79 Å². The molecule has 0 saturated carbocycles. The van der Waals surface area contributed by atoms with Crippen molar-refractivity contribution in [2.24, 2.45) is 0 Å². The monoisotopic (exact) mass is 316 g/mol. The first-order valence-corrected chi connectivity index (χ1v) is 8.67. The summed E-state index contributed by atoms with van der Waals surface area (Å²) in [4.78, 5) is 13.3. The van der Waals surface area contributed by atoms with Crippen LogP contribution in [0.3, 0.4) is 0 Å². The van der Waals surface area contributed by atoms with Gasteiger partial charge in [-0.15, -0.1) is 11.6 Å². The summed E-state index contributed by atoms with van der Waals surface area (Å²) in [7, 11) is -3.32. The number of benzene rings is 1. The van der Waals surface area contributed by atoms with Gasteiger partial charge in [0.05, 0.1) is 12.3 Å². The second kappa shape index (κ2) is 6.11. The summed E-state index contributed by atoms with van der Waals surface area (Å²) in [6, 6.07) is 8.98. The van der Waals surface area contributed by atoms with Crippen LogP contribution in [0.5, 0.6) is 0 Å². The van der Waals surface area contributed by atoms with Crippen LogP contribution in [0.15, 0.2) is 30.3 Å². The van der Waals surface area contributed by atoms with E-state index in [1.54, 1.807) is 4.90 Å². The Morgan fingerprint density at radius 2 is 1.95 bits per heavy atom. The standard InChI is InChI=1S/C13H17ClN2O3S/c1-20(18,19)16-8-7-15(13(17)9-14)10-12(16)11-5-3-2-4-6-11/h2-6,12H,7-10H2,1H3. The van der Waals surface area contributed by atoms with E-state index < -0.39 is 10.0 Å². The predicted octanol–water partition coefficient (Wildman–Crippen LogP) is 1.07. The summed E-state index contributed by atoms with van der Waals surface area (Å²) >= 11 is 5.58. The zero-order valence-corrected chi connectivity index (χ0v) is 12.8. The Morgan fingerprint density at radius 3 is 2.50 bits per heavy atom. The molecule has 1 saturated heterocycles. The Bertz CT molecular complexity index is 577. The summed E-state index contributed by atoms with van der Waals surface area (Å²) in [6.07, 6.45) is 1.20. The normalized spacial score (nSPS) is 20.9. The summed E-state index contributed by atoms with van der Waals surface area (Å²) in [5.74, 6) is -0.249. The molecule has 1 aliphatic rings. The molecule has 0 spiro atoms. The van der Waals surface area contributed by atoms with Crippen molar-refractivity contribution < 1.29 is 13.2 Å². The van der Waals surface area contributed by atoms with Gasteiger partial charge in [0.25, 0.3) is 0 Å².